The van der Waals surface area contributed by atoms with Crippen molar-refractivity contribution in [3.63, 3.8) is 0 Å². The molecule has 30 heavy (non-hydrogen) atoms. The summed E-state index contributed by atoms with van der Waals surface area (Å²) in [6.45, 7) is 1.74. The fraction of sp³-hybridized carbons (Fsp3) is 0.350. The molecule has 0 aliphatic heterocycles. The average Bonchev–Trinajstić information content (AvgIpc) is 3.16. The first-order valence-corrected chi connectivity index (χ1v) is 10.7. The average molecular weight is 452 g/mol. The Balaban J connectivity index is 1.48. The first-order valence-electron chi connectivity index (χ1n) is 9.36. The zero-order valence-corrected chi connectivity index (χ0v) is 18.3. The number of thioether (sulfide) groups is 1. The zero-order valence-electron chi connectivity index (χ0n) is 16.8. The van der Waals surface area contributed by atoms with Gasteiger partial charge in [-0.3, -0.25) is 0 Å². The first-order chi connectivity index (χ1) is 14.6. The summed E-state index contributed by atoms with van der Waals surface area (Å²) in [5.74, 6) is 1.78. The van der Waals surface area contributed by atoms with Gasteiger partial charge in [-0.15, -0.1) is 5.10 Å². The second-order valence-corrected chi connectivity index (χ2v) is 7.94. The van der Waals surface area contributed by atoms with Gasteiger partial charge in [-0.1, -0.05) is 35.5 Å². The Hall–Kier alpha value is -2.36. The number of ether oxygens (including phenoxy) is 2. The molecule has 0 amide bonds. The molecule has 160 valence electrons. The molecule has 0 aliphatic rings. The summed E-state index contributed by atoms with van der Waals surface area (Å²) in [5, 5.41) is 16.1. The van der Waals surface area contributed by atoms with Gasteiger partial charge in [0, 0.05) is 30.4 Å². The zero-order chi connectivity index (χ0) is 21.3. The molecule has 0 bridgehead atoms. The van der Waals surface area contributed by atoms with E-state index in [9.17, 15) is 4.39 Å². The molecule has 10 heteroatoms. The van der Waals surface area contributed by atoms with Crippen molar-refractivity contribution in [2.24, 2.45) is 7.05 Å². The fourth-order valence-electron chi connectivity index (χ4n) is 2.65. The summed E-state index contributed by atoms with van der Waals surface area (Å²) >= 11 is 8.05. The smallest absolute Gasteiger partial charge is 0.209 e. The molecule has 0 unspecified atom stereocenters. The van der Waals surface area contributed by atoms with E-state index in [1.165, 1.54) is 12.1 Å². The van der Waals surface area contributed by atoms with Gasteiger partial charge in [0.2, 0.25) is 5.16 Å². The highest BCUT2D eigenvalue weighted by Crippen LogP contribution is 2.34. The van der Waals surface area contributed by atoms with E-state index in [1.54, 1.807) is 41.8 Å². The molecule has 0 radical (unpaired) electrons. The van der Waals surface area contributed by atoms with Crippen LogP contribution in [-0.2, 0) is 20.2 Å². The second kappa shape index (κ2) is 11.1. The molecule has 7 nitrogen and oxygen atoms in total. The van der Waals surface area contributed by atoms with Crippen LogP contribution in [0.5, 0.6) is 11.5 Å². The minimum absolute atomic E-state index is 0.277. The molecule has 0 aliphatic carbocycles. The van der Waals surface area contributed by atoms with Crippen molar-refractivity contribution in [2.45, 2.75) is 24.7 Å². The largest absolute Gasteiger partial charge is 0.493 e. The van der Waals surface area contributed by atoms with Gasteiger partial charge in [0.05, 0.1) is 7.11 Å². The molecule has 1 N–H and O–H groups in total. The van der Waals surface area contributed by atoms with E-state index in [2.05, 4.69) is 20.8 Å². The standard InChI is InChI=1S/C20H23ClFN5O2S/c1-27-20(24-25-26-27)30-9-3-8-23-12-15-10-18(28-2)19(11-17(15)21)29-13-14-4-6-16(22)7-5-14/h4-7,10-11,23H,3,8-9,12-13H2,1-2H3. The number of tetrazole rings is 1. The minimum Gasteiger partial charge on any atom is -0.493 e. The summed E-state index contributed by atoms with van der Waals surface area (Å²) in [6.07, 6.45) is 0.963. The lowest BCUT2D eigenvalue weighted by Crippen LogP contribution is -2.16. The minimum atomic E-state index is -0.277. The van der Waals surface area contributed by atoms with E-state index >= 15 is 0 Å². The number of hydrogen-bond donors (Lipinski definition) is 1. The third-order valence-corrected chi connectivity index (χ3v) is 5.71. The van der Waals surface area contributed by atoms with Crippen molar-refractivity contribution < 1.29 is 13.9 Å². The van der Waals surface area contributed by atoms with Gasteiger partial charge in [-0.25, -0.2) is 9.07 Å². The summed E-state index contributed by atoms with van der Waals surface area (Å²) in [7, 11) is 3.41. The molecular weight excluding hydrogens is 429 g/mol. The molecule has 0 saturated carbocycles. The Morgan fingerprint density at radius 2 is 2.00 bits per heavy atom. The highest BCUT2D eigenvalue weighted by atomic mass is 35.5. The molecule has 0 spiro atoms. The van der Waals surface area contributed by atoms with Crippen LogP contribution in [0.25, 0.3) is 0 Å². The Morgan fingerprint density at radius 3 is 2.70 bits per heavy atom. The molecule has 1 heterocycles. The second-order valence-electron chi connectivity index (χ2n) is 6.47. The van der Waals surface area contributed by atoms with Crippen LogP contribution in [0.1, 0.15) is 17.5 Å². The van der Waals surface area contributed by atoms with Crippen LogP contribution in [-0.4, -0.2) is 39.6 Å². The lowest BCUT2D eigenvalue weighted by atomic mass is 10.2. The monoisotopic (exact) mass is 451 g/mol. The van der Waals surface area contributed by atoms with Crippen LogP contribution in [0, 0.1) is 5.82 Å². The Morgan fingerprint density at radius 1 is 1.20 bits per heavy atom. The summed E-state index contributed by atoms with van der Waals surface area (Å²) < 4.78 is 25.9. The maximum atomic E-state index is 13.0. The summed E-state index contributed by atoms with van der Waals surface area (Å²) in [4.78, 5) is 0. The highest BCUT2D eigenvalue weighted by molar-refractivity contribution is 7.99. The van der Waals surface area contributed by atoms with Crippen molar-refractivity contribution in [3.05, 3.63) is 58.4 Å². The first kappa shape index (κ1) is 22.3. The number of aryl methyl sites for hydroxylation is 1. The Labute approximate surface area is 183 Å². The summed E-state index contributed by atoms with van der Waals surface area (Å²) in [6, 6.07) is 9.79. The highest BCUT2D eigenvalue weighted by Gasteiger charge is 2.11. The SMILES string of the molecule is COc1cc(CNCCCSc2nnnn2C)c(Cl)cc1OCc1ccc(F)cc1. The van der Waals surface area contributed by atoms with Crippen molar-refractivity contribution >= 4 is 23.4 Å². The van der Waals surface area contributed by atoms with E-state index in [0.717, 1.165) is 35.0 Å². The van der Waals surface area contributed by atoms with Gasteiger partial charge in [0.25, 0.3) is 0 Å². The van der Waals surface area contributed by atoms with E-state index in [0.29, 0.717) is 29.7 Å². The van der Waals surface area contributed by atoms with Gasteiger partial charge < -0.3 is 14.8 Å². The maximum Gasteiger partial charge on any atom is 0.209 e. The molecular formula is C20H23ClFN5O2S. The van der Waals surface area contributed by atoms with Crippen LogP contribution in [0.4, 0.5) is 4.39 Å². The molecule has 0 saturated heterocycles. The van der Waals surface area contributed by atoms with Gasteiger partial charge in [0.15, 0.2) is 11.5 Å². The van der Waals surface area contributed by atoms with E-state index in [4.69, 9.17) is 21.1 Å². The predicted octanol–water partition coefficient (Wildman–Crippen LogP) is 3.86. The van der Waals surface area contributed by atoms with Gasteiger partial charge in [0.1, 0.15) is 12.4 Å². The van der Waals surface area contributed by atoms with Crippen LogP contribution in [0.3, 0.4) is 0 Å². The normalized spacial score (nSPS) is 10.9. The van der Waals surface area contributed by atoms with E-state index in [-0.39, 0.29) is 5.82 Å². The van der Waals surface area contributed by atoms with Crippen molar-refractivity contribution in [1.82, 2.24) is 25.5 Å². The van der Waals surface area contributed by atoms with Crippen LogP contribution >= 0.6 is 23.4 Å². The molecule has 3 rings (SSSR count). The number of nitrogens with one attached hydrogen (secondary N) is 1. The van der Waals surface area contributed by atoms with Crippen molar-refractivity contribution in [3.8, 4) is 11.5 Å². The number of halogens is 2. The maximum absolute atomic E-state index is 13.0. The molecule has 3 aromatic rings. The van der Waals surface area contributed by atoms with Crippen molar-refractivity contribution in [2.75, 3.05) is 19.4 Å². The van der Waals surface area contributed by atoms with Gasteiger partial charge in [-0.05, 0) is 52.7 Å². The molecule has 0 atom stereocenters. The van der Waals surface area contributed by atoms with Gasteiger partial charge in [-0.2, -0.15) is 0 Å². The third kappa shape index (κ3) is 6.32. The number of hydrogen-bond acceptors (Lipinski definition) is 7. The lowest BCUT2D eigenvalue weighted by Gasteiger charge is -2.14. The van der Waals surface area contributed by atoms with Crippen LogP contribution in [0.15, 0.2) is 41.6 Å². The topological polar surface area (TPSA) is 74.1 Å². The number of nitrogens with zero attached hydrogens (tertiary/aromatic N) is 4. The number of methoxy groups -OCH3 is 1. The van der Waals surface area contributed by atoms with Crippen molar-refractivity contribution in [1.29, 1.82) is 0 Å². The number of rotatable bonds is 11. The van der Waals surface area contributed by atoms with Crippen LogP contribution in [0.2, 0.25) is 5.02 Å². The van der Waals surface area contributed by atoms with E-state index < -0.39 is 0 Å². The Kier molecular flexibility index (Phi) is 8.30. The van der Waals surface area contributed by atoms with Crippen LogP contribution < -0.4 is 14.8 Å². The molecule has 2 aromatic carbocycles. The quantitative estimate of drug-likeness (QED) is 0.350. The number of benzene rings is 2. The lowest BCUT2D eigenvalue weighted by molar-refractivity contribution is 0.284. The number of aromatic nitrogens is 4. The molecule has 0 fully saturated rings. The third-order valence-electron chi connectivity index (χ3n) is 4.27. The van der Waals surface area contributed by atoms with Gasteiger partial charge >= 0.3 is 0 Å². The molecule has 1 aromatic heterocycles. The predicted molar refractivity (Wildman–Crippen MR) is 115 cm³/mol. The fourth-order valence-corrected chi connectivity index (χ4v) is 3.66. The van der Waals surface area contributed by atoms with E-state index in [1.807, 2.05) is 13.1 Å². The Bertz CT molecular complexity index is 955. The summed E-state index contributed by atoms with van der Waals surface area (Å²) in [5.41, 5.74) is 1.78.